The smallest absolute Gasteiger partial charge is 0.203 e. The third-order valence-corrected chi connectivity index (χ3v) is 5.77. The molecule has 26 heavy (non-hydrogen) atoms. The normalized spacial score (nSPS) is 11.4. The van der Waals surface area contributed by atoms with Crippen molar-refractivity contribution in [2.24, 2.45) is 0 Å². The van der Waals surface area contributed by atoms with Gasteiger partial charge in [-0.2, -0.15) is 0 Å². The minimum absolute atomic E-state index is 0.446. The van der Waals surface area contributed by atoms with E-state index < -0.39 is 0 Å². The molecule has 0 atom stereocenters. The van der Waals surface area contributed by atoms with E-state index in [1.54, 1.807) is 11.3 Å². The van der Waals surface area contributed by atoms with Crippen molar-refractivity contribution in [2.45, 2.75) is 6.61 Å². The molecule has 0 aliphatic rings. The predicted molar refractivity (Wildman–Crippen MR) is 105 cm³/mol. The first kappa shape index (κ1) is 15.3. The number of hydrogen-bond acceptors (Lipinski definition) is 7. The molecule has 0 saturated heterocycles. The lowest BCUT2D eigenvalue weighted by atomic mass is 10.2. The largest absolute Gasteiger partial charge is 0.489 e. The van der Waals surface area contributed by atoms with Crippen LogP contribution in [0.25, 0.3) is 25.9 Å². The second-order valence-corrected chi connectivity index (χ2v) is 7.75. The molecule has 0 amide bonds. The van der Waals surface area contributed by atoms with Gasteiger partial charge in [0, 0.05) is 6.20 Å². The van der Waals surface area contributed by atoms with E-state index in [4.69, 9.17) is 10.5 Å². The number of rotatable bonds is 4. The standard InChI is InChI=1S/C18H13N5OS2/c19-17-22-21-16(26-17)13-9-23-14-7-6-12(8-15(14)25-18(23)20-13)24-10-11-4-2-1-3-5-11/h1-9H,10H2,(H2,19,22). The molecule has 0 fully saturated rings. The van der Waals surface area contributed by atoms with E-state index in [1.165, 1.54) is 11.3 Å². The molecule has 0 bridgehead atoms. The van der Waals surface area contributed by atoms with E-state index in [0.717, 1.165) is 37.2 Å². The van der Waals surface area contributed by atoms with Gasteiger partial charge in [0.15, 0.2) is 9.97 Å². The van der Waals surface area contributed by atoms with Gasteiger partial charge in [-0.05, 0) is 23.8 Å². The van der Waals surface area contributed by atoms with Crippen molar-refractivity contribution in [1.29, 1.82) is 0 Å². The Morgan fingerprint density at radius 1 is 1.04 bits per heavy atom. The average molecular weight is 379 g/mol. The van der Waals surface area contributed by atoms with Gasteiger partial charge in [-0.25, -0.2) is 4.98 Å². The molecule has 0 unspecified atom stereocenters. The molecule has 6 nitrogen and oxygen atoms in total. The Bertz CT molecular complexity index is 1210. The quantitative estimate of drug-likeness (QED) is 0.506. The third-order valence-electron chi connectivity index (χ3n) is 3.97. The molecule has 0 aliphatic heterocycles. The summed E-state index contributed by atoms with van der Waals surface area (Å²) < 4.78 is 9.10. The Morgan fingerprint density at radius 3 is 2.73 bits per heavy atom. The maximum Gasteiger partial charge on any atom is 0.203 e. The third kappa shape index (κ3) is 2.69. The van der Waals surface area contributed by atoms with Crippen LogP contribution >= 0.6 is 22.7 Å². The SMILES string of the molecule is Nc1nnc(-c2cn3c(n2)sc2cc(OCc4ccccc4)ccc23)s1. The van der Waals surface area contributed by atoms with Crippen molar-refractivity contribution >= 4 is 43.0 Å². The van der Waals surface area contributed by atoms with Gasteiger partial charge in [-0.1, -0.05) is 53.0 Å². The number of aromatic nitrogens is 4. The topological polar surface area (TPSA) is 78.3 Å². The van der Waals surface area contributed by atoms with Gasteiger partial charge in [0.2, 0.25) is 5.13 Å². The molecule has 0 radical (unpaired) electrons. The van der Waals surface area contributed by atoms with Gasteiger partial charge in [0.05, 0.1) is 10.2 Å². The number of hydrogen-bond donors (Lipinski definition) is 1. The van der Waals surface area contributed by atoms with Gasteiger partial charge >= 0.3 is 0 Å². The maximum absolute atomic E-state index is 5.92. The molecule has 8 heteroatoms. The zero-order valence-corrected chi connectivity index (χ0v) is 15.1. The van der Waals surface area contributed by atoms with Crippen LogP contribution in [0.3, 0.4) is 0 Å². The number of imidazole rings is 1. The molecule has 5 rings (SSSR count). The molecule has 0 aliphatic carbocycles. The Kier molecular flexibility index (Phi) is 3.58. The minimum atomic E-state index is 0.446. The molecule has 0 saturated carbocycles. The Morgan fingerprint density at radius 2 is 1.92 bits per heavy atom. The predicted octanol–water partition coefficient (Wildman–Crippen LogP) is 4.23. The van der Waals surface area contributed by atoms with Crippen LogP contribution < -0.4 is 10.5 Å². The lowest BCUT2D eigenvalue weighted by Gasteiger charge is -2.06. The van der Waals surface area contributed by atoms with Crippen LogP contribution in [0.2, 0.25) is 0 Å². The lowest BCUT2D eigenvalue weighted by Crippen LogP contribution is -1.94. The number of nitrogens with two attached hydrogens (primary N) is 1. The Balaban J connectivity index is 1.46. The Hall–Kier alpha value is -2.97. The van der Waals surface area contributed by atoms with E-state index in [1.807, 2.05) is 30.5 Å². The molecular formula is C18H13N5OS2. The van der Waals surface area contributed by atoms with Crippen molar-refractivity contribution in [1.82, 2.24) is 19.6 Å². The van der Waals surface area contributed by atoms with Gasteiger partial charge in [0.25, 0.3) is 0 Å². The van der Waals surface area contributed by atoms with Crippen LogP contribution in [0.4, 0.5) is 5.13 Å². The lowest BCUT2D eigenvalue weighted by molar-refractivity contribution is 0.306. The zero-order chi connectivity index (χ0) is 17.5. The molecule has 5 aromatic rings. The van der Waals surface area contributed by atoms with Crippen molar-refractivity contribution < 1.29 is 4.74 Å². The van der Waals surface area contributed by atoms with Crippen molar-refractivity contribution in [2.75, 3.05) is 5.73 Å². The van der Waals surface area contributed by atoms with Crippen molar-refractivity contribution in [3.63, 3.8) is 0 Å². The highest BCUT2D eigenvalue weighted by molar-refractivity contribution is 7.23. The number of fused-ring (bicyclic) bond motifs is 3. The van der Waals surface area contributed by atoms with Gasteiger partial charge in [0.1, 0.15) is 18.1 Å². The Labute approximate surface area is 156 Å². The first-order valence-corrected chi connectivity index (χ1v) is 9.57. The first-order chi connectivity index (χ1) is 12.8. The second kappa shape index (κ2) is 6.08. The number of thiazole rings is 1. The van der Waals surface area contributed by atoms with Crippen LogP contribution in [-0.4, -0.2) is 19.6 Å². The molecule has 128 valence electrons. The van der Waals surface area contributed by atoms with Gasteiger partial charge < -0.3 is 10.5 Å². The number of anilines is 1. The van der Waals surface area contributed by atoms with Crippen LogP contribution in [0.1, 0.15) is 5.56 Å². The zero-order valence-electron chi connectivity index (χ0n) is 13.5. The summed E-state index contributed by atoms with van der Waals surface area (Å²) in [6.07, 6.45) is 1.97. The summed E-state index contributed by atoms with van der Waals surface area (Å²) in [5.41, 5.74) is 8.69. The fourth-order valence-corrected chi connectivity index (χ4v) is 4.35. The monoisotopic (exact) mass is 379 g/mol. The molecule has 3 aromatic heterocycles. The van der Waals surface area contributed by atoms with Crippen LogP contribution in [0, 0.1) is 0 Å². The number of nitrogens with zero attached hydrogens (tertiary/aromatic N) is 4. The molecular weight excluding hydrogens is 366 g/mol. The van der Waals surface area contributed by atoms with Crippen LogP contribution in [-0.2, 0) is 6.61 Å². The van der Waals surface area contributed by atoms with E-state index in [-0.39, 0.29) is 0 Å². The summed E-state index contributed by atoms with van der Waals surface area (Å²) in [6, 6.07) is 16.2. The fourth-order valence-electron chi connectivity index (χ4n) is 2.75. The van der Waals surface area contributed by atoms with E-state index >= 15 is 0 Å². The van der Waals surface area contributed by atoms with Gasteiger partial charge in [-0.15, -0.1) is 10.2 Å². The number of benzene rings is 2. The summed E-state index contributed by atoms with van der Waals surface area (Å²) in [5, 5.41) is 9.09. The highest BCUT2D eigenvalue weighted by atomic mass is 32.1. The summed E-state index contributed by atoms with van der Waals surface area (Å²) >= 11 is 2.95. The average Bonchev–Trinajstić information content (AvgIpc) is 3.34. The fraction of sp³-hybridized carbons (Fsp3) is 0.0556. The maximum atomic E-state index is 5.92. The summed E-state index contributed by atoms with van der Waals surface area (Å²) in [4.78, 5) is 5.56. The van der Waals surface area contributed by atoms with E-state index in [9.17, 15) is 0 Å². The van der Waals surface area contributed by atoms with Gasteiger partial charge in [-0.3, -0.25) is 4.40 Å². The second-order valence-electron chi connectivity index (χ2n) is 5.73. The highest BCUT2D eigenvalue weighted by Gasteiger charge is 2.13. The van der Waals surface area contributed by atoms with E-state index in [0.29, 0.717) is 11.7 Å². The molecule has 0 spiro atoms. The van der Waals surface area contributed by atoms with Crippen LogP contribution in [0.5, 0.6) is 5.75 Å². The number of ether oxygens (including phenoxy) is 1. The van der Waals surface area contributed by atoms with E-state index in [2.05, 4.69) is 43.8 Å². The van der Waals surface area contributed by atoms with Crippen molar-refractivity contribution in [3.8, 4) is 16.5 Å². The molecule has 3 heterocycles. The minimum Gasteiger partial charge on any atom is -0.489 e. The molecule has 2 aromatic carbocycles. The summed E-state index contributed by atoms with van der Waals surface area (Å²) in [7, 11) is 0. The summed E-state index contributed by atoms with van der Waals surface area (Å²) in [6.45, 7) is 0.553. The molecule has 2 N–H and O–H groups in total. The van der Waals surface area contributed by atoms with Crippen molar-refractivity contribution in [3.05, 3.63) is 60.3 Å². The number of nitrogen functional groups attached to an aromatic ring is 1. The highest BCUT2D eigenvalue weighted by Crippen LogP contribution is 2.32. The first-order valence-electron chi connectivity index (χ1n) is 7.94. The van der Waals surface area contributed by atoms with Crippen LogP contribution in [0.15, 0.2) is 54.7 Å². The summed E-state index contributed by atoms with van der Waals surface area (Å²) in [5.74, 6) is 0.850.